The average Bonchev–Trinajstić information content (AvgIpc) is 2.69. The minimum Gasteiger partial charge on any atom is -0.463 e. The van der Waals surface area contributed by atoms with E-state index in [9.17, 15) is 22.8 Å². The smallest absolute Gasteiger partial charge is 0.434 e. The number of halogens is 4. The van der Waals surface area contributed by atoms with E-state index in [1.54, 1.807) is 0 Å². The Kier molecular flexibility index (Phi) is 5.97. The van der Waals surface area contributed by atoms with Crippen molar-refractivity contribution in [1.82, 2.24) is 10.2 Å². The third-order valence-corrected chi connectivity index (χ3v) is 5.08. The maximum Gasteiger partial charge on any atom is 0.434 e. The maximum atomic E-state index is 15.5. The van der Waals surface area contributed by atoms with Crippen molar-refractivity contribution in [3.8, 4) is 0 Å². The molecule has 0 bridgehead atoms. The predicted octanol–water partition coefficient (Wildman–Crippen LogP) is 3.93. The van der Waals surface area contributed by atoms with Crippen molar-refractivity contribution < 1.29 is 32.3 Å². The number of hydrogen-bond acceptors (Lipinski definition) is 4. The topological polar surface area (TPSA) is 120 Å². The van der Waals surface area contributed by atoms with Crippen LogP contribution < -0.4 is 16.4 Å². The number of nitrogens with one attached hydrogen (secondary N) is 2. The highest BCUT2D eigenvalue weighted by atomic mass is 19.3. The summed E-state index contributed by atoms with van der Waals surface area (Å²) in [6, 6.07) is 5.81. The molecule has 12 heteroatoms. The van der Waals surface area contributed by atoms with Crippen LogP contribution in [0.1, 0.15) is 30.9 Å². The van der Waals surface area contributed by atoms with Gasteiger partial charge in [0.25, 0.3) is 6.43 Å². The molecular weight excluding hydrogens is 434 g/mol. The van der Waals surface area contributed by atoms with Gasteiger partial charge in [-0.05, 0) is 25.1 Å². The SMILES string of the molecule is CN1C(=O)C[C@@](C)(c2cccc(Nc3c(N)ccc(F)c3C(F)F)c2F)N/C1=N\C(=O)O. The first-order chi connectivity index (χ1) is 14.9. The number of hydrogen-bond donors (Lipinski definition) is 4. The van der Waals surface area contributed by atoms with Crippen molar-refractivity contribution in [2.75, 3.05) is 18.1 Å². The van der Waals surface area contributed by atoms with Crippen molar-refractivity contribution in [2.45, 2.75) is 25.3 Å². The summed E-state index contributed by atoms with van der Waals surface area (Å²) in [7, 11) is 1.31. The maximum absolute atomic E-state index is 15.5. The van der Waals surface area contributed by atoms with Crippen molar-refractivity contribution in [3.63, 3.8) is 0 Å². The van der Waals surface area contributed by atoms with Crippen molar-refractivity contribution in [1.29, 1.82) is 0 Å². The quantitative estimate of drug-likeness (QED) is 0.411. The monoisotopic (exact) mass is 453 g/mol. The molecule has 0 radical (unpaired) electrons. The molecule has 5 N–H and O–H groups in total. The van der Waals surface area contributed by atoms with E-state index in [1.165, 1.54) is 32.2 Å². The first kappa shape index (κ1) is 22.8. The van der Waals surface area contributed by atoms with Gasteiger partial charge in [-0.15, -0.1) is 4.99 Å². The zero-order valence-corrected chi connectivity index (χ0v) is 16.9. The van der Waals surface area contributed by atoms with E-state index in [-0.39, 0.29) is 29.3 Å². The van der Waals surface area contributed by atoms with E-state index in [1.807, 2.05) is 0 Å². The van der Waals surface area contributed by atoms with Gasteiger partial charge in [0, 0.05) is 12.6 Å². The van der Waals surface area contributed by atoms with Gasteiger partial charge in [-0.1, -0.05) is 12.1 Å². The number of rotatable bonds is 4. The fourth-order valence-electron chi connectivity index (χ4n) is 3.42. The first-order valence-electron chi connectivity index (χ1n) is 9.23. The number of alkyl halides is 2. The molecule has 170 valence electrons. The van der Waals surface area contributed by atoms with Gasteiger partial charge in [0.05, 0.1) is 34.6 Å². The van der Waals surface area contributed by atoms with Crippen LogP contribution in [0.15, 0.2) is 35.3 Å². The highest BCUT2D eigenvalue weighted by Crippen LogP contribution is 2.39. The number of guanidine groups is 1. The molecular formula is C20H19F4N5O3. The van der Waals surface area contributed by atoms with Gasteiger partial charge in [-0.25, -0.2) is 22.4 Å². The Balaban J connectivity index is 2.06. The lowest BCUT2D eigenvalue weighted by atomic mass is 9.86. The Labute approximate surface area is 179 Å². The van der Waals surface area contributed by atoms with Crippen LogP contribution in [0, 0.1) is 11.6 Å². The van der Waals surface area contributed by atoms with E-state index in [0.717, 1.165) is 17.0 Å². The zero-order valence-electron chi connectivity index (χ0n) is 16.9. The molecule has 1 saturated heterocycles. The molecule has 32 heavy (non-hydrogen) atoms. The lowest BCUT2D eigenvalue weighted by Crippen LogP contribution is -2.59. The third-order valence-electron chi connectivity index (χ3n) is 5.08. The van der Waals surface area contributed by atoms with Crippen LogP contribution in [-0.2, 0) is 10.3 Å². The molecule has 1 fully saturated rings. The number of aliphatic imine (C=N–C) groups is 1. The number of nitrogens with zero attached hydrogens (tertiary/aromatic N) is 2. The largest absolute Gasteiger partial charge is 0.463 e. The van der Waals surface area contributed by atoms with Gasteiger partial charge >= 0.3 is 6.09 Å². The van der Waals surface area contributed by atoms with E-state index in [2.05, 4.69) is 15.6 Å². The van der Waals surface area contributed by atoms with Gasteiger partial charge in [0.15, 0.2) is 5.82 Å². The molecule has 0 aliphatic carbocycles. The summed E-state index contributed by atoms with van der Waals surface area (Å²) in [4.78, 5) is 27.7. The minimum absolute atomic E-state index is 0.0735. The molecule has 1 aliphatic heterocycles. The van der Waals surface area contributed by atoms with Gasteiger partial charge in [-0.2, -0.15) is 0 Å². The third kappa shape index (κ3) is 4.15. The summed E-state index contributed by atoms with van der Waals surface area (Å²) in [5.74, 6) is -2.97. The van der Waals surface area contributed by atoms with Crippen LogP contribution >= 0.6 is 0 Å². The molecule has 2 aromatic rings. The van der Waals surface area contributed by atoms with E-state index < -0.39 is 46.9 Å². The molecule has 2 amide bonds. The predicted molar refractivity (Wildman–Crippen MR) is 109 cm³/mol. The van der Waals surface area contributed by atoms with Crippen LogP contribution in [-0.4, -0.2) is 35.0 Å². The summed E-state index contributed by atoms with van der Waals surface area (Å²) in [6.07, 6.45) is -5.03. The number of nitrogens with two attached hydrogens (primary N) is 1. The molecule has 3 rings (SSSR count). The number of carbonyl (C=O) groups excluding carboxylic acids is 1. The molecule has 2 aromatic carbocycles. The summed E-state index contributed by atoms with van der Waals surface area (Å²) < 4.78 is 56.2. The second-order valence-corrected chi connectivity index (χ2v) is 7.32. The van der Waals surface area contributed by atoms with E-state index in [4.69, 9.17) is 10.8 Å². The number of carbonyl (C=O) groups is 2. The Morgan fingerprint density at radius 2 is 2.00 bits per heavy atom. The summed E-state index contributed by atoms with van der Waals surface area (Å²) in [5, 5.41) is 14.1. The Morgan fingerprint density at radius 1 is 1.31 bits per heavy atom. The summed E-state index contributed by atoms with van der Waals surface area (Å²) in [5.41, 5.74) is 2.21. The van der Waals surface area contributed by atoms with E-state index in [0.29, 0.717) is 0 Å². The van der Waals surface area contributed by atoms with Gasteiger partial charge in [0.1, 0.15) is 5.82 Å². The van der Waals surface area contributed by atoms with Gasteiger partial charge < -0.3 is 21.5 Å². The standard InChI is InChI=1S/C20H19F4N5O3/c1-20(8-13(30)29(2)18(28-20)27-19(31)32)9-4-3-5-12(15(9)22)26-16-11(25)7-6-10(21)14(16)17(23)24/h3-7,17,26H,8,25H2,1-2H3,(H,27,28)(H,31,32)/t20-/m0/s1. The van der Waals surface area contributed by atoms with Crippen LogP contribution in [0.25, 0.3) is 0 Å². The highest BCUT2D eigenvalue weighted by molar-refractivity contribution is 6.03. The zero-order chi connectivity index (χ0) is 23.8. The summed E-state index contributed by atoms with van der Waals surface area (Å²) >= 11 is 0. The fourth-order valence-corrected chi connectivity index (χ4v) is 3.42. The first-order valence-corrected chi connectivity index (χ1v) is 9.23. The van der Waals surface area contributed by atoms with Crippen LogP contribution in [0.2, 0.25) is 0 Å². The number of benzene rings is 2. The number of anilines is 3. The lowest BCUT2D eigenvalue weighted by Gasteiger charge is -2.40. The highest BCUT2D eigenvalue weighted by Gasteiger charge is 2.41. The Hall–Kier alpha value is -3.83. The normalized spacial score (nSPS) is 19.9. The van der Waals surface area contributed by atoms with E-state index >= 15 is 4.39 Å². The molecule has 1 heterocycles. The van der Waals surface area contributed by atoms with Crippen molar-refractivity contribution >= 4 is 35.0 Å². The fraction of sp³-hybridized carbons (Fsp3) is 0.250. The molecule has 0 unspecified atom stereocenters. The molecule has 1 aliphatic rings. The van der Waals surface area contributed by atoms with Gasteiger partial charge in [0.2, 0.25) is 11.9 Å². The molecule has 0 saturated carbocycles. The molecule has 8 nitrogen and oxygen atoms in total. The lowest BCUT2D eigenvalue weighted by molar-refractivity contribution is -0.129. The second kappa shape index (κ2) is 8.36. The van der Waals surface area contributed by atoms with Crippen LogP contribution in [0.3, 0.4) is 0 Å². The molecule has 0 spiro atoms. The second-order valence-electron chi connectivity index (χ2n) is 7.32. The van der Waals surface area contributed by atoms with Crippen LogP contribution in [0.5, 0.6) is 0 Å². The van der Waals surface area contributed by atoms with Gasteiger partial charge in [-0.3, -0.25) is 9.69 Å². The molecule has 1 atom stereocenters. The number of carboxylic acid groups (broad SMARTS) is 1. The Morgan fingerprint density at radius 3 is 2.62 bits per heavy atom. The number of nitrogen functional groups attached to an aromatic ring is 1. The minimum atomic E-state index is -3.22. The van der Waals surface area contributed by atoms with Crippen LogP contribution in [0.4, 0.5) is 39.4 Å². The van der Waals surface area contributed by atoms with Crippen molar-refractivity contribution in [2.24, 2.45) is 4.99 Å². The average molecular weight is 453 g/mol. The molecule has 0 aromatic heterocycles. The number of amides is 2. The van der Waals surface area contributed by atoms with Crippen molar-refractivity contribution in [3.05, 3.63) is 53.1 Å². The Bertz CT molecular complexity index is 1120. The summed E-state index contributed by atoms with van der Waals surface area (Å²) in [6.45, 7) is 1.46.